The number of carbonyl (C=O) groups excluding carboxylic acids is 2. The number of ether oxygens (including phenoxy) is 3. The van der Waals surface area contributed by atoms with Gasteiger partial charge in [0.15, 0.2) is 6.04 Å². The summed E-state index contributed by atoms with van der Waals surface area (Å²) < 4.78 is 15.4. The van der Waals surface area contributed by atoms with E-state index < -0.39 is 23.7 Å². The second-order valence-corrected chi connectivity index (χ2v) is 6.67. The standard InChI is InChI=1S/C19H29NO5/c1-6-24-17(21)16(20-18(22)25-19(2,3)4)15-11-9-14(10-12-15)8-7-13-23-5/h9-12,16H,6-8,13H2,1-5H3,(H,20,22). The van der Waals surface area contributed by atoms with Crippen molar-refractivity contribution in [2.45, 2.75) is 52.2 Å². The minimum absolute atomic E-state index is 0.237. The van der Waals surface area contributed by atoms with Gasteiger partial charge in [-0.15, -0.1) is 0 Å². The molecule has 6 nitrogen and oxygen atoms in total. The normalized spacial score (nSPS) is 12.4. The van der Waals surface area contributed by atoms with Crippen LogP contribution in [0.3, 0.4) is 0 Å². The molecule has 0 aliphatic rings. The molecule has 0 aliphatic heterocycles. The number of hydrogen-bond donors (Lipinski definition) is 1. The first-order chi connectivity index (χ1) is 11.8. The van der Waals surface area contributed by atoms with Gasteiger partial charge in [-0.2, -0.15) is 0 Å². The highest BCUT2D eigenvalue weighted by atomic mass is 16.6. The van der Waals surface area contributed by atoms with E-state index in [1.165, 1.54) is 0 Å². The van der Waals surface area contributed by atoms with Crippen molar-refractivity contribution in [3.05, 3.63) is 35.4 Å². The minimum atomic E-state index is -0.900. The van der Waals surface area contributed by atoms with E-state index in [1.807, 2.05) is 24.3 Å². The first kappa shape index (κ1) is 21.0. The molecule has 0 aromatic heterocycles. The Morgan fingerprint density at radius 1 is 1.16 bits per heavy atom. The van der Waals surface area contributed by atoms with Gasteiger partial charge < -0.3 is 19.5 Å². The molecule has 0 saturated carbocycles. The Morgan fingerprint density at radius 3 is 2.32 bits per heavy atom. The number of esters is 1. The Bertz CT molecular complexity index is 548. The maximum absolute atomic E-state index is 12.2. The van der Waals surface area contributed by atoms with Crippen LogP contribution < -0.4 is 5.32 Å². The van der Waals surface area contributed by atoms with Crippen LogP contribution in [0.25, 0.3) is 0 Å². The van der Waals surface area contributed by atoms with E-state index in [1.54, 1.807) is 34.8 Å². The smallest absolute Gasteiger partial charge is 0.408 e. The molecule has 1 aromatic rings. The van der Waals surface area contributed by atoms with Gasteiger partial charge in [0.05, 0.1) is 6.61 Å². The molecule has 1 aromatic carbocycles. The summed E-state index contributed by atoms with van der Waals surface area (Å²) in [6, 6.07) is 6.62. The highest BCUT2D eigenvalue weighted by Gasteiger charge is 2.26. The summed E-state index contributed by atoms with van der Waals surface area (Å²) in [6.45, 7) is 7.96. The minimum Gasteiger partial charge on any atom is -0.464 e. The lowest BCUT2D eigenvalue weighted by molar-refractivity contribution is -0.145. The molecule has 0 heterocycles. The van der Waals surface area contributed by atoms with Crippen LogP contribution in [0.1, 0.15) is 51.3 Å². The zero-order valence-corrected chi connectivity index (χ0v) is 15.8. The van der Waals surface area contributed by atoms with Crippen molar-refractivity contribution in [2.75, 3.05) is 20.3 Å². The summed E-state index contributed by atoms with van der Waals surface area (Å²) in [5.41, 5.74) is 1.15. The predicted octanol–water partition coefficient (Wildman–Crippen LogP) is 3.39. The molecule has 0 radical (unpaired) electrons. The molecule has 0 aliphatic carbocycles. The van der Waals surface area contributed by atoms with Crippen LogP contribution in [-0.2, 0) is 25.4 Å². The molecule has 140 valence electrons. The predicted molar refractivity (Wildman–Crippen MR) is 95.4 cm³/mol. The van der Waals surface area contributed by atoms with Crippen molar-refractivity contribution < 1.29 is 23.8 Å². The van der Waals surface area contributed by atoms with Crippen LogP contribution in [0.4, 0.5) is 4.79 Å². The third-order valence-electron chi connectivity index (χ3n) is 3.31. The van der Waals surface area contributed by atoms with Crippen LogP contribution in [-0.4, -0.2) is 38.0 Å². The fourth-order valence-corrected chi connectivity index (χ4v) is 2.23. The van der Waals surface area contributed by atoms with Crippen molar-refractivity contribution in [3.63, 3.8) is 0 Å². The van der Waals surface area contributed by atoms with Gasteiger partial charge in [-0.3, -0.25) is 0 Å². The molecule has 6 heteroatoms. The van der Waals surface area contributed by atoms with Gasteiger partial charge in [0.25, 0.3) is 0 Å². The Morgan fingerprint density at radius 2 is 1.80 bits per heavy atom. The van der Waals surface area contributed by atoms with Gasteiger partial charge in [0.1, 0.15) is 5.60 Å². The number of methoxy groups -OCH3 is 1. The summed E-state index contributed by atoms with van der Waals surface area (Å²) >= 11 is 0. The summed E-state index contributed by atoms with van der Waals surface area (Å²) in [5, 5.41) is 2.59. The van der Waals surface area contributed by atoms with Gasteiger partial charge in [-0.05, 0) is 51.7 Å². The maximum Gasteiger partial charge on any atom is 0.408 e. The van der Waals surface area contributed by atoms with Gasteiger partial charge in [0, 0.05) is 13.7 Å². The molecule has 0 spiro atoms. The van der Waals surface area contributed by atoms with Gasteiger partial charge in [0.2, 0.25) is 0 Å². The van der Waals surface area contributed by atoms with Crippen molar-refractivity contribution in [3.8, 4) is 0 Å². The number of nitrogens with one attached hydrogen (secondary N) is 1. The fourth-order valence-electron chi connectivity index (χ4n) is 2.23. The molecule has 25 heavy (non-hydrogen) atoms. The van der Waals surface area contributed by atoms with E-state index in [-0.39, 0.29) is 6.61 Å². The van der Waals surface area contributed by atoms with Gasteiger partial charge in [-0.1, -0.05) is 24.3 Å². The quantitative estimate of drug-likeness (QED) is 0.574. The first-order valence-electron chi connectivity index (χ1n) is 8.50. The molecular weight excluding hydrogens is 322 g/mol. The molecule has 1 N–H and O–H groups in total. The molecule has 0 saturated heterocycles. The highest BCUT2D eigenvalue weighted by Crippen LogP contribution is 2.18. The summed E-state index contributed by atoms with van der Waals surface area (Å²) in [6.07, 6.45) is 1.15. The van der Waals surface area contributed by atoms with Crippen LogP contribution in [0, 0.1) is 0 Å². The Balaban J connectivity index is 2.85. The number of carbonyl (C=O) groups is 2. The first-order valence-corrected chi connectivity index (χ1v) is 8.50. The Hall–Kier alpha value is -2.08. The third-order valence-corrected chi connectivity index (χ3v) is 3.31. The zero-order chi connectivity index (χ0) is 18.9. The van der Waals surface area contributed by atoms with E-state index in [4.69, 9.17) is 14.2 Å². The number of aryl methyl sites for hydroxylation is 1. The molecule has 1 amide bonds. The average Bonchev–Trinajstić information content (AvgIpc) is 2.52. The van der Waals surface area contributed by atoms with E-state index in [2.05, 4.69) is 5.32 Å². The lowest BCUT2D eigenvalue weighted by Gasteiger charge is -2.23. The molecule has 0 bridgehead atoms. The third kappa shape index (κ3) is 8.03. The number of benzene rings is 1. The molecule has 1 rings (SSSR count). The monoisotopic (exact) mass is 351 g/mol. The molecule has 0 fully saturated rings. The lowest BCUT2D eigenvalue weighted by atomic mass is 10.0. The van der Waals surface area contributed by atoms with Crippen molar-refractivity contribution in [1.29, 1.82) is 0 Å². The maximum atomic E-state index is 12.2. The second kappa shape index (κ2) is 10.0. The summed E-state index contributed by atoms with van der Waals surface area (Å²) in [7, 11) is 1.68. The van der Waals surface area contributed by atoms with E-state index in [9.17, 15) is 9.59 Å². The van der Waals surface area contributed by atoms with E-state index in [0.717, 1.165) is 18.4 Å². The largest absolute Gasteiger partial charge is 0.464 e. The molecule has 1 atom stereocenters. The number of amides is 1. The Kier molecular flexibility index (Phi) is 8.41. The van der Waals surface area contributed by atoms with Crippen molar-refractivity contribution >= 4 is 12.1 Å². The van der Waals surface area contributed by atoms with Crippen LogP contribution in [0.15, 0.2) is 24.3 Å². The lowest BCUT2D eigenvalue weighted by Crippen LogP contribution is -2.38. The average molecular weight is 351 g/mol. The van der Waals surface area contributed by atoms with Crippen LogP contribution >= 0.6 is 0 Å². The van der Waals surface area contributed by atoms with Crippen LogP contribution in [0.2, 0.25) is 0 Å². The van der Waals surface area contributed by atoms with Gasteiger partial charge >= 0.3 is 12.1 Å². The second-order valence-electron chi connectivity index (χ2n) is 6.67. The Labute approximate surface area is 149 Å². The molecular formula is C19H29NO5. The SMILES string of the molecule is CCOC(=O)C(NC(=O)OC(C)(C)C)c1ccc(CCCOC)cc1. The number of hydrogen-bond acceptors (Lipinski definition) is 5. The zero-order valence-electron chi connectivity index (χ0n) is 15.8. The molecule has 1 unspecified atom stereocenters. The number of alkyl carbamates (subject to hydrolysis) is 1. The van der Waals surface area contributed by atoms with Gasteiger partial charge in [-0.25, -0.2) is 9.59 Å². The fraction of sp³-hybridized carbons (Fsp3) is 0.579. The van der Waals surface area contributed by atoms with E-state index in [0.29, 0.717) is 12.2 Å². The number of rotatable bonds is 8. The van der Waals surface area contributed by atoms with Crippen molar-refractivity contribution in [2.24, 2.45) is 0 Å². The topological polar surface area (TPSA) is 73.9 Å². The summed E-state index contributed by atoms with van der Waals surface area (Å²) in [4.78, 5) is 24.3. The highest BCUT2D eigenvalue weighted by molar-refractivity contribution is 5.82. The van der Waals surface area contributed by atoms with E-state index >= 15 is 0 Å². The van der Waals surface area contributed by atoms with Crippen molar-refractivity contribution in [1.82, 2.24) is 5.32 Å². The van der Waals surface area contributed by atoms with Crippen LogP contribution in [0.5, 0.6) is 0 Å². The summed E-state index contributed by atoms with van der Waals surface area (Å²) in [5.74, 6) is -0.513.